The first-order valence-corrected chi connectivity index (χ1v) is 11.9. The molecule has 6 heteroatoms. The number of carbonyl (C=O) groups excluding carboxylic acids is 2. The fraction of sp³-hybridized carbons (Fsp3) is 0.444. The number of hydrogen-bond donors (Lipinski definition) is 0. The highest BCUT2D eigenvalue weighted by molar-refractivity contribution is 6.03. The van der Waals surface area contributed by atoms with Crippen LogP contribution >= 0.6 is 0 Å². The van der Waals surface area contributed by atoms with Crippen molar-refractivity contribution in [3.8, 4) is 0 Å². The fourth-order valence-electron chi connectivity index (χ4n) is 4.56. The standard InChI is InChI=1S/C27H33N3O3/c1-4-33-27(32)23-13-15-29(16-14-23)18-26(31)30-25(22-11-7-20(3)8-12-22)17-24(28-30)21-9-5-19(2)6-10-21/h5-12,23,25H,4,13-18H2,1-3H3. The van der Waals surface area contributed by atoms with E-state index in [9.17, 15) is 9.59 Å². The average Bonchev–Trinajstić information content (AvgIpc) is 3.26. The molecule has 1 saturated heterocycles. The van der Waals surface area contributed by atoms with Gasteiger partial charge in [0, 0.05) is 6.42 Å². The van der Waals surface area contributed by atoms with Crippen molar-refractivity contribution < 1.29 is 14.3 Å². The highest BCUT2D eigenvalue weighted by atomic mass is 16.5. The summed E-state index contributed by atoms with van der Waals surface area (Å²) in [5.74, 6) is -0.179. The van der Waals surface area contributed by atoms with Gasteiger partial charge in [0.05, 0.1) is 30.8 Å². The quantitative estimate of drug-likeness (QED) is 0.621. The van der Waals surface area contributed by atoms with E-state index in [-0.39, 0.29) is 23.8 Å². The Kier molecular flexibility index (Phi) is 7.23. The third kappa shape index (κ3) is 5.50. The second-order valence-electron chi connectivity index (χ2n) is 9.08. The van der Waals surface area contributed by atoms with Crippen molar-refractivity contribution in [2.24, 2.45) is 11.0 Å². The lowest BCUT2D eigenvalue weighted by atomic mass is 9.96. The van der Waals surface area contributed by atoms with Crippen LogP contribution in [-0.4, -0.2) is 53.7 Å². The Hall–Kier alpha value is -2.99. The van der Waals surface area contributed by atoms with Gasteiger partial charge in [0.2, 0.25) is 0 Å². The number of piperidine rings is 1. The van der Waals surface area contributed by atoms with Crippen LogP contribution in [0.2, 0.25) is 0 Å². The Morgan fingerprint density at radius 3 is 2.18 bits per heavy atom. The number of likely N-dealkylation sites (tertiary alicyclic amines) is 1. The number of rotatable bonds is 6. The first-order chi connectivity index (χ1) is 15.9. The van der Waals surface area contributed by atoms with Crippen LogP contribution < -0.4 is 0 Å². The molecule has 1 unspecified atom stereocenters. The normalized spacial score (nSPS) is 19.4. The van der Waals surface area contributed by atoms with Crippen molar-refractivity contribution in [2.45, 2.75) is 46.1 Å². The minimum atomic E-state index is -0.116. The van der Waals surface area contributed by atoms with Gasteiger partial charge in [-0.15, -0.1) is 0 Å². The summed E-state index contributed by atoms with van der Waals surface area (Å²) in [5.41, 5.74) is 5.49. The Morgan fingerprint density at radius 1 is 0.970 bits per heavy atom. The molecule has 2 heterocycles. The molecule has 6 nitrogen and oxygen atoms in total. The highest BCUT2D eigenvalue weighted by Crippen LogP contribution is 2.33. The lowest BCUT2D eigenvalue weighted by Gasteiger charge is -2.32. The Morgan fingerprint density at radius 2 is 1.58 bits per heavy atom. The summed E-state index contributed by atoms with van der Waals surface area (Å²) >= 11 is 0. The zero-order valence-corrected chi connectivity index (χ0v) is 19.8. The maximum Gasteiger partial charge on any atom is 0.309 e. The van der Waals surface area contributed by atoms with E-state index in [1.807, 2.05) is 6.92 Å². The monoisotopic (exact) mass is 447 g/mol. The first-order valence-electron chi connectivity index (χ1n) is 11.9. The van der Waals surface area contributed by atoms with Crippen molar-refractivity contribution in [2.75, 3.05) is 26.2 Å². The van der Waals surface area contributed by atoms with E-state index >= 15 is 0 Å². The molecule has 0 N–H and O–H groups in total. The number of nitrogens with zero attached hydrogens (tertiary/aromatic N) is 3. The Balaban J connectivity index is 1.48. The van der Waals surface area contributed by atoms with Gasteiger partial charge in [0.25, 0.3) is 5.91 Å². The third-order valence-electron chi connectivity index (χ3n) is 6.58. The predicted octanol–water partition coefficient (Wildman–Crippen LogP) is 4.26. The summed E-state index contributed by atoms with van der Waals surface area (Å²) in [5, 5.41) is 6.48. The van der Waals surface area contributed by atoms with Gasteiger partial charge >= 0.3 is 5.97 Å². The molecule has 33 heavy (non-hydrogen) atoms. The van der Waals surface area contributed by atoms with Crippen molar-refractivity contribution in [3.05, 3.63) is 70.8 Å². The minimum absolute atomic E-state index is 0.00253. The predicted molar refractivity (Wildman–Crippen MR) is 129 cm³/mol. The van der Waals surface area contributed by atoms with Crippen molar-refractivity contribution in [3.63, 3.8) is 0 Å². The molecule has 0 aliphatic carbocycles. The number of benzene rings is 2. The molecule has 174 valence electrons. The number of esters is 1. The largest absolute Gasteiger partial charge is 0.466 e. The molecular formula is C27H33N3O3. The summed E-state index contributed by atoms with van der Waals surface area (Å²) in [7, 11) is 0. The molecule has 2 aliphatic rings. The molecule has 1 atom stereocenters. The van der Waals surface area contributed by atoms with Crippen LogP contribution in [0, 0.1) is 19.8 Å². The van der Waals surface area contributed by atoms with E-state index in [0.29, 0.717) is 32.7 Å². The second-order valence-corrected chi connectivity index (χ2v) is 9.08. The molecular weight excluding hydrogens is 414 g/mol. The van der Waals surface area contributed by atoms with Crippen molar-refractivity contribution in [1.82, 2.24) is 9.91 Å². The molecule has 0 saturated carbocycles. The molecule has 4 rings (SSSR count). The van der Waals surface area contributed by atoms with Crippen molar-refractivity contribution in [1.29, 1.82) is 0 Å². The van der Waals surface area contributed by atoms with Gasteiger partial charge in [0.15, 0.2) is 0 Å². The third-order valence-corrected chi connectivity index (χ3v) is 6.58. The van der Waals surface area contributed by atoms with Gasteiger partial charge < -0.3 is 4.74 Å². The van der Waals surface area contributed by atoms with Gasteiger partial charge in [-0.05, 0) is 57.8 Å². The molecule has 0 spiro atoms. The second kappa shape index (κ2) is 10.3. The number of amides is 1. The molecule has 2 aliphatic heterocycles. The average molecular weight is 448 g/mol. The number of carbonyl (C=O) groups is 2. The van der Waals surface area contributed by atoms with E-state index in [1.165, 1.54) is 11.1 Å². The lowest BCUT2D eigenvalue weighted by Crippen LogP contribution is -2.43. The molecule has 2 aromatic carbocycles. The molecule has 2 aromatic rings. The van der Waals surface area contributed by atoms with Crippen LogP contribution in [0.1, 0.15) is 54.5 Å². The molecule has 0 radical (unpaired) electrons. The summed E-state index contributed by atoms with van der Waals surface area (Å²) in [6.45, 7) is 8.11. The summed E-state index contributed by atoms with van der Waals surface area (Å²) in [6, 6.07) is 16.6. The lowest BCUT2D eigenvalue weighted by molar-refractivity contribution is -0.149. The zero-order valence-electron chi connectivity index (χ0n) is 19.8. The Labute approximate surface area is 196 Å². The minimum Gasteiger partial charge on any atom is -0.466 e. The van der Waals surface area contributed by atoms with Gasteiger partial charge in [-0.2, -0.15) is 5.10 Å². The smallest absolute Gasteiger partial charge is 0.309 e. The van der Waals surface area contributed by atoms with E-state index in [1.54, 1.807) is 5.01 Å². The van der Waals surface area contributed by atoms with E-state index in [0.717, 1.165) is 29.7 Å². The van der Waals surface area contributed by atoms with Gasteiger partial charge in [-0.1, -0.05) is 59.7 Å². The number of hydrogen-bond acceptors (Lipinski definition) is 5. The zero-order chi connectivity index (χ0) is 23.4. The van der Waals surface area contributed by atoms with E-state index in [2.05, 4.69) is 67.3 Å². The number of hydrazone groups is 1. The molecule has 1 fully saturated rings. The molecule has 0 bridgehead atoms. The number of aryl methyl sites for hydroxylation is 2. The van der Waals surface area contributed by atoms with Crippen LogP contribution in [0.25, 0.3) is 0 Å². The first kappa shape index (κ1) is 23.2. The molecule has 1 amide bonds. The van der Waals surface area contributed by atoms with Crippen LogP contribution in [0.3, 0.4) is 0 Å². The van der Waals surface area contributed by atoms with Crippen LogP contribution in [0.15, 0.2) is 53.6 Å². The van der Waals surface area contributed by atoms with Crippen molar-refractivity contribution >= 4 is 17.6 Å². The summed E-state index contributed by atoms with van der Waals surface area (Å²) < 4.78 is 5.16. The van der Waals surface area contributed by atoms with Crippen LogP contribution in [-0.2, 0) is 14.3 Å². The van der Waals surface area contributed by atoms with E-state index in [4.69, 9.17) is 9.84 Å². The topological polar surface area (TPSA) is 62.2 Å². The van der Waals surface area contributed by atoms with Gasteiger partial charge in [-0.3, -0.25) is 14.5 Å². The maximum absolute atomic E-state index is 13.4. The van der Waals surface area contributed by atoms with Crippen LogP contribution in [0.4, 0.5) is 0 Å². The summed E-state index contributed by atoms with van der Waals surface area (Å²) in [4.78, 5) is 27.5. The van der Waals surface area contributed by atoms with Gasteiger partial charge in [-0.25, -0.2) is 5.01 Å². The maximum atomic E-state index is 13.4. The fourth-order valence-corrected chi connectivity index (χ4v) is 4.56. The number of ether oxygens (including phenoxy) is 1. The van der Waals surface area contributed by atoms with Crippen LogP contribution in [0.5, 0.6) is 0 Å². The molecule has 0 aromatic heterocycles. The van der Waals surface area contributed by atoms with Gasteiger partial charge in [0.1, 0.15) is 0 Å². The highest BCUT2D eigenvalue weighted by Gasteiger charge is 2.35. The summed E-state index contributed by atoms with van der Waals surface area (Å²) in [6.07, 6.45) is 2.15. The van der Waals surface area contributed by atoms with E-state index < -0.39 is 0 Å². The Bertz CT molecular complexity index is 1010. The SMILES string of the molecule is CCOC(=O)C1CCN(CC(=O)N2N=C(c3ccc(C)cc3)CC2c2ccc(C)cc2)CC1.